The normalized spacial score (nSPS) is 13.9. The molecule has 0 unspecified atom stereocenters. The zero-order valence-electron chi connectivity index (χ0n) is 17.6. The maximum absolute atomic E-state index is 12.4. The Hall–Kier alpha value is -2.62. The molecule has 31 heavy (non-hydrogen) atoms. The Labute approximate surface area is 189 Å². The Morgan fingerprint density at radius 1 is 1.19 bits per heavy atom. The van der Waals surface area contributed by atoms with Crippen LogP contribution in [0.4, 0.5) is 15.5 Å². The van der Waals surface area contributed by atoms with Gasteiger partial charge in [0, 0.05) is 28.7 Å². The fourth-order valence-electron chi connectivity index (χ4n) is 3.30. The van der Waals surface area contributed by atoms with Crippen LogP contribution >= 0.6 is 22.9 Å². The molecule has 3 rings (SSSR count). The molecular weight excluding hydrogens is 440 g/mol. The first-order chi connectivity index (χ1) is 14.5. The number of rotatable bonds is 5. The number of nitrogens with zero attached hydrogens (tertiary/aromatic N) is 1. The number of ether oxygens (including phenoxy) is 1. The van der Waals surface area contributed by atoms with Crippen molar-refractivity contribution in [1.82, 2.24) is 4.90 Å². The van der Waals surface area contributed by atoms with E-state index >= 15 is 0 Å². The first-order valence-corrected chi connectivity index (χ1v) is 10.9. The molecule has 0 saturated carbocycles. The maximum atomic E-state index is 12.4. The highest BCUT2D eigenvalue weighted by Crippen LogP contribution is 2.37. The van der Waals surface area contributed by atoms with Crippen molar-refractivity contribution in [3.63, 3.8) is 0 Å². The van der Waals surface area contributed by atoms with Crippen LogP contribution in [0.3, 0.4) is 0 Å². The van der Waals surface area contributed by atoms with E-state index in [0.717, 1.165) is 10.4 Å². The Kier molecular flexibility index (Phi) is 6.88. The fraction of sp³-hybridized carbons (Fsp3) is 0.381. The summed E-state index contributed by atoms with van der Waals surface area (Å²) in [7, 11) is 0. The van der Waals surface area contributed by atoms with Gasteiger partial charge in [-0.3, -0.25) is 19.8 Å². The van der Waals surface area contributed by atoms with Crippen molar-refractivity contribution < 1.29 is 19.1 Å². The van der Waals surface area contributed by atoms with Crippen LogP contribution in [0, 0.1) is 0 Å². The van der Waals surface area contributed by atoms with Gasteiger partial charge in [0.05, 0.1) is 12.1 Å². The largest absolute Gasteiger partial charge is 0.459 e. The molecular formula is C21H25ClN4O4S. The fourth-order valence-corrected chi connectivity index (χ4v) is 4.71. The Bertz CT molecular complexity index is 998. The van der Waals surface area contributed by atoms with E-state index in [2.05, 4.69) is 10.6 Å². The van der Waals surface area contributed by atoms with Gasteiger partial charge in [-0.2, -0.15) is 0 Å². The molecule has 3 amide bonds. The molecule has 1 aliphatic rings. The zero-order chi connectivity index (χ0) is 22.8. The summed E-state index contributed by atoms with van der Waals surface area (Å²) in [6, 6.07) is 6.18. The van der Waals surface area contributed by atoms with Gasteiger partial charge in [0.15, 0.2) is 0 Å². The molecule has 4 N–H and O–H groups in total. The first-order valence-electron chi connectivity index (χ1n) is 9.74. The van der Waals surface area contributed by atoms with Crippen LogP contribution in [0.5, 0.6) is 0 Å². The molecule has 1 aliphatic heterocycles. The van der Waals surface area contributed by atoms with E-state index in [1.807, 2.05) is 25.7 Å². The van der Waals surface area contributed by atoms with Gasteiger partial charge in [-0.15, -0.1) is 11.3 Å². The summed E-state index contributed by atoms with van der Waals surface area (Å²) in [6.45, 7) is 6.68. The van der Waals surface area contributed by atoms with Gasteiger partial charge in [0.25, 0.3) is 5.91 Å². The summed E-state index contributed by atoms with van der Waals surface area (Å²) >= 11 is 7.14. The average Bonchev–Trinajstić information content (AvgIpc) is 2.99. The van der Waals surface area contributed by atoms with Crippen LogP contribution in [0.1, 0.15) is 41.6 Å². The molecule has 1 aromatic heterocycles. The lowest BCUT2D eigenvalue weighted by atomic mass is 10.0. The molecule has 0 aliphatic carbocycles. The van der Waals surface area contributed by atoms with E-state index in [4.69, 9.17) is 22.1 Å². The Morgan fingerprint density at radius 2 is 1.87 bits per heavy atom. The third-order valence-corrected chi connectivity index (χ3v) is 5.87. The second-order valence-corrected chi connectivity index (χ2v) is 9.75. The number of fused-ring (bicyclic) bond motifs is 1. The quantitative estimate of drug-likeness (QED) is 0.581. The second-order valence-electron chi connectivity index (χ2n) is 8.21. The highest BCUT2D eigenvalue weighted by atomic mass is 35.5. The highest BCUT2D eigenvalue weighted by Gasteiger charge is 2.29. The van der Waals surface area contributed by atoms with Gasteiger partial charge < -0.3 is 15.8 Å². The summed E-state index contributed by atoms with van der Waals surface area (Å²) in [5.41, 5.74) is 6.76. The van der Waals surface area contributed by atoms with Gasteiger partial charge >= 0.3 is 12.0 Å². The maximum Gasteiger partial charge on any atom is 0.324 e. The van der Waals surface area contributed by atoms with Crippen LogP contribution in [-0.4, -0.2) is 41.5 Å². The summed E-state index contributed by atoms with van der Waals surface area (Å²) < 4.78 is 5.39. The van der Waals surface area contributed by atoms with Gasteiger partial charge in [0.2, 0.25) is 0 Å². The molecule has 10 heteroatoms. The topological polar surface area (TPSA) is 114 Å². The number of amides is 3. The molecule has 166 valence electrons. The number of benzene rings is 1. The summed E-state index contributed by atoms with van der Waals surface area (Å²) in [4.78, 5) is 39.5. The van der Waals surface area contributed by atoms with Crippen LogP contribution in [0.15, 0.2) is 24.3 Å². The summed E-state index contributed by atoms with van der Waals surface area (Å²) in [5.74, 6) is -0.900. The van der Waals surface area contributed by atoms with Crippen molar-refractivity contribution in [1.29, 1.82) is 0 Å². The van der Waals surface area contributed by atoms with Crippen LogP contribution in [-0.2, 0) is 22.5 Å². The van der Waals surface area contributed by atoms with Crippen LogP contribution < -0.4 is 16.4 Å². The molecule has 2 aromatic rings. The van der Waals surface area contributed by atoms with Gasteiger partial charge in [-0.05, 0) is 57.0 Å². The lowest BCUT2D eigenvalue weighted by Gasteiger charge is -2.28. The van der Waals surface area contributed by atoms with Crippen LogP contribution in [0.25, 0.3) is 0 Å². The minimum absolute atomic E-state index is 0.153. The number of carbonyl (C=O) groups excluding carboxylic acids is 3. The molecule has 0 saturated heterocycles. The van der Waals surface area contributed by atoms with E-state index in [0.29, 0.717) is 40.8 Å². The van der Waals surface area contributed by atoms with Crippen molar-refractivity contribution in [3.05, 3.63) is 45.3 Å². The van der Waals surface area contributed by atoms with Gasteiger partial charge in [-0.25, -0.2) is 4.79 Å². The van der Waals surface area contributed by atoms with E-state index in [-0.39, 0.29) is 12.5 Å². The lowest BCUT2D eigenvalue weighted by molar-refractivity contribution is -0.156. The highest BCUT2D eigenvalue weighted by molar-refractivity contribution is 7.17. The Balaban J connectivity index is 1.71. The van der Waals surface area contributed by atoms with Crippen molar-refractivity contribution >= 4 is 51.5 Å². The van der Waals surface area contributed by atoms with Crippen LogP contribution in [0.2, 0.25) is 5.02 Å². The molecule has 8 nitrogen and oxygen atoms in total. The number of thiophene rings is 1. The molecule has 0 atom stereocenters. The molecule has 0 spiro atoms. The minimum atomic E-state index is -0.597. The van der Waals surface area contributed by atoms with E-state index in [9.17, 15) is 14.4 Å². The number of primary amides is 1. The van der Waals surface area contributed by atoms with Crippen molar-refractivity contribution in [2.24, 2.45) is 5.73 Å². The summed E-state index contributed by atoms with van der Waals surface area (Å²) in [6.07, 6.45) is 0.549. The third kappa shape index (κ3) is 6.19. The first kappa shape index (κ1) is 23.1. The smallest absolute Gasteiger partial charge is 0.324 e. The van der Waals surface area contributed by atoms with Crippen molar-refractivity contribution in [2.45, 2.75) is 39.3 Å². The minimum Gasteiger partial charge on any atom is -0.459 e. The number of hydrogen-bond acceptors (Lipinski definition) is 6. The molecule has 2 heterocycles. The van der Waals surface area contributed by atoms with E-state index in [1.54, 1.807) is 24.3 Å². The zero-order valence-corrected chi connectivity index (χ0v) is 19.2. The monoisotopic (exact) mass is 464 g/mol. The number of urea groups is 1. The van der Waals surface area contributed by atoms with Crippen molar-refractivity contribution in [3.8, 4) is 0 Å². The average molecular weight is 465 g/mol. The predicted molar refractivity (Wildman–Crippen MR) is 122 cm³/mol. The summed E-state index contributed by atoms with van der Waals surface area (Å²) in [5, 5.41) is 6.37. The number of hydrogen-bond donors (Lipinski definition) is 3. The molecule has 0 bridgehead atoms. The molecule has 0 radical (unpaired) electrons. The number of esters is 1. The lowest BCUT2D eigenvalue weighted by Crippen LogP contribution is -2.37. The predicted octanol–water partition coefficient (Wildman–Crippen LogP) is 3.84. The second kappa shape index (κ2) is 9.25. The van der Waals surface area contributed by atoms with Crippen molar-refractivity contribution in [2.75, 3.05) is 23.7 Å². The number of anilines is 2. The Morgan fingerprint density at radius 3 is 2.48 bits per heavy atom. The van der Waals surface area contributed by atoms with Gasteiger partial charge in [-0.1, -0.05) is 11.6 Å². The molecule has 0 fully saturated rings. The number of carbonyl (C=O) groups is 3. The van der Waals surface area contributed by atoms with E-state index < -0.39 is 17.5 Å². The number of nitrogens with two attached hydrogens (primary N) is 1. The third-order valence-electron chi connectivity index (χ3n) is 4.48. The SMILES string of the molecule is CC(C)(C)OC(=O)CN1CCc2c(sc(NC(=O)Nc3ccc(Cl)cc3)c2C(N)=O)C1. The van der Waals surface area contributed by atoms with Gasteiger partial charge in [0.1, 0.15) is 10.6 Å². The van der Waals surface area contributed by atoms with E-state index in [1.165, 1.54) is 11.3 Å². The standard InChI is InChI=1S/C21H25ClN4O4S/c1-21(2,3)30-16(27)11-26-9-8-14-15(10-26)31-19(17(14)18(23)28)25-20(29)24-13-6-4-12(22)5-7-13/h4-7H,8-11H2,1-3H3,(H2,23,28)(H2,24,25,29). The number of nitrogens with one attached hydrogen (secondary N) is 2. The number of halogens is 1. The molecule has 1 aromatic carbocycles.